The zero-order valence-electron chi connectivity index (χ0n) is 23.1. The van der Waals surface area contributed by atoms with Crippen LogP contribution >= 0.6 is 0 Å². The smallest absolute Gasteiger partial charge is 0.313 e. The number of hydrogen-bond acceptors (Lipinski definition) is 3. The Morgan fingerprint density at radius 3 is 1.60 bits per heavy atom. The van der Waals surface area contributed by atoms with E-state index in [1.54, 1.807) is 6.08 Å². The Hall–Kier alpha value is -1.32. The van der Waals surface area contributed by atoms with Gasteiger partial charge in [0.15, 0.2) is 0 Å². The van der Waals surface area contributed by atoms with E-state index in [9.17, 15) is 14.7 Å². The number of carbonyl (C=O) groups is 2. The Morgan fingerprint density at radius 1 is 0.743 bits per heavy atom. The van der Waals surface area contributed by atoms with Crippen LogP contribution in [0, 0.1) is 11.8 Å². The maximum Gasteiger partial charge on any atom is 0.313 e. The van der Waals surface area contributed by atoms with Crippen molar-refractivity contribution in [2.24, 2.45) is 11.8 Å². The van der Waals surface area contributed by atoms with Gasteiger partial charge in [-0.15, -0.1) is 0 Å². The molecule has 3 atom stereocenters. The molecule has 0 aromatic rings. The van der Waals surface area contributed by atoms with E-state index in [4.69, 9.17) is 4.74 Å². The van der Waals surface area contributed by atoms with Crippen molar-refractivity contribution in [3.05, 3.63) is 12.2 Å². The Labute approximate surface area is 216 Å². The third kappa shape index (κ3) is 16.1. The predicted octanol–water partition coefficient (Wildman–Crippen LogP) is 9.41. The third-order valence-corrected chi connectivity index (χ3v) is 7.55. The lowest BCUT2D eigenvalue weighted by atomic mass is 9.84. The van der Waals surface area contributed by atoms with Crippen LogP contribution in [0.1, 0.15) is 155 Å². The number of carboxylic acid groups (broad SMARTS) is 1. The molecule has 1 aliphatic rings. The lowest BCUT2D eigenvalue weighted by Crippen LogP contribution is -2.33. The SMILES string of the molecule is CCCCCCCCCCCCCC(CCCCCCCCC)OC(=O)C1C=CCCC1C(=O)O. The van der Waals surface area contributed by atoms with Gasteiger partial charge in [0.25, 0.3) is 0 Å². The molecular formula is C31H56O4. The van der Waals surface area contributed by atoms with Crippen molar-refractivity contribution in [2.45, 2.75) is 161 Å². The molecule has 0 bridgehead atoms. The molecule has 0 aromatic heterocycles. The van der Waals surface area contributed by atoms with Crippen molar-refractivity contribution < 1.29 is 19.4 Å². The van der Waals surface area contributed by atoms with Gasteiger partial charge in [-0.05, 0) is 38.5 Å². The molecule has 0 saturated carbocycles. The van der Waals surface area contributed by atoms with Crippen molar-refractivity contribution in [3.8, 4) is 0 Å². The standard InChI is InChI=1S/C31H56O4/c1-3-5-7-9-11-12-13-14-16-18-20-24-27(23-19-17-15-10-8-6-4-2)35-31(34)29-26-22-21-25-28(29)30(32)33/h22,26-29H,3-21,23-25H2,1-2H3,(H,32,33). The van der Waals surface area contributed by atoms with E-state index in [0.29, 0.717) is 6.42 Å². The first-order valence-electron chi connectivity index (χ1n) is 15.2. The van der Waals surface area contributed by atoms with E-state index in [2.05, 4.69) is 13.8 Å². The number of aliphatic carboxylic acids is 1. The number of carboxylic acids is 1. The van der Waals surface area contributed by atoms with Gasteiger partial charge >= 0.3 is 11.9 Å². The molecule has 0 aliphatic heterocycles. The molecule has 0 saturated heterocycles. The van der Waals surface area contributed by atoms with Crippen LogP contribution in [-0.4, -0.2) is 23.1 Å². The summed E-state index contributed by atoms with van der Waals surface area (Å²) in [6, 6.07) is 0. The number of allylic oxidation sites excluding steroid dienone is 1. The highest BCUT2D eigenvalue weighted by molar-refractivity contribution is 5.83. The number of hydrogen-bond donors (Lipinski definition) is 1. The number of ether oxygens (including phenoxy) is 1. The number of esters is 1. The number of rotatable bonds is 23. The summed E-state index contributed by atoms with van der Waals surface area (Å²) in [6.45, 7) is 4.50. The monoisotopic (exact) mass is 492 g/mol. The average Bonchev–Trinajstić information content (AvgIpc) is 2.86. The van der Waals surface area contributed by atoms with Crippen molar-refractivity contribution in [3.63, 3.8) is 0 Å². The minimum Gasteiger partial charge on any atom is -0.481 e. The molecule has 1 N–H and O–H groups in total. The van der Waals surface area contributed by atoms with Crippen molar-refractivity contribution in [1.82, 2.24) is 0 Å². The van der Waals surface area contributed by atoms with Crippen molar-refractivity contribution in [2.75, 3.05) is 0 Å². The molecule has 0 aromatic carbocycles. The first kappa shape index (κ1) is 31.7. The molecule has 0 fully saturated rings. The summed E-state index contributed by atoms with van der Waals surface area (Å²) in [7, 11) is 0. The van der Waals surface area contributed by atoms with Gasteiger partial charge in [0.1, 0.15) is 6.10 Å². The van der Waals surface area contributed by atoms with Gasteiger partial charge in [-0.2, -0.15) is 0 Å². The highest BCUT2D eigenvalue weighted by atomic mass is 16.5. The van der Waals surface area contributed by atoms with Gasteiger partial charge in [-0.25, -0.2) is 0 Å². The predicted molar refractivity (Wildman–Crippen MR) is 147 cm³/mol. The van der Waals surface area contributed by atoms with E-state index >= 15 is 0 Å². The molecule has 3 unspecified atom stereocenters. The largest absolute Gasteiger partial charge is 0.481 e. The molecule has 0 radical (unpaired) electrons. The van der Waals surface area contributed by atoms with Crippen LogP contribution in [0.3, 0.4) is 0 Å². The minimum atomic E-state index is -0.884. The molecule has 0 amide bonds. The Morgan fingerprint density at radius 2 is 1.17 bits per heavy atom. The summed E-state index contributed by atoms with van der Waals surface area (Å²) >= 11 is 0. The number of carbonyl (C=O) groups excluding carboxylic acids is 1. The maximum absolute atomic E-state index is 12.9. The Balaban J connectivity index is 2.36. The van der Waals surface area contributed by atoms with Crippen LogP contribution in [0.25, 0.3) is 0 Å². The Kier molecular flexibility index (Phi) is 19.9. The molecule has 0 spiro atoms. The van der Waals surface area contributed by atoms with Crippen LogP contribution in [0.4, 0.5) is 0 Å². The topological polar surface area (TPSA) is 63.6 Å². The fourth-order valence-corrected chi connectivity index (χ4v) is 5.22. The Bertz CT molecular complexity index is 556. The van der Waals surface area contributed by atoms with E-state index in [1.807, 2.05) is 6.08 Å². The van der Waals surface area contributed by atoms with Crippen molar-refractivity contribution in [1.29, 1.82) is 0 Å². The van der Waals surface area contributed by atoms with Crippen LogP contribution in [0.5, 0.6) is 0 Å². The lowest BCUT2D eigenvalue weighted by molar-refractivity contribution is -0.160. The maximum atomic E-state index is 12.9. The van der Waals surface area contributed by atoms with Crippen LogP contribution in [0.2, 0.25) is 0 Å². The highest BCUT2D eigenvalue weighted by Gasteiger charge is 2.35. The molecule has 0 heterocycles. The molecule has 4 nitrogen and oxygen atoms in total. The van der Waals surface area contributed by atoms with Crippen LogP contribution in [0.15, 0.2) is 12.2 Å². The summed E-state index contributed by atoms with van der Waals surface area (Å²) in [4.78, 5) is 24.5. The second-order valence-electron chi connectivity index (χ2n) is 10.8. The first-order valence-corrected chi connectivity index (χ1v) is 15.2. The number of unbranched alkanes of at least 4 members (excludes halogenated alkanes) is 16. The molecule has 204 valence electrons. The van der Waals surface area contributed by atoms with E-state index in [-0.39, 0.29) is 12.1 Å². The summed E-state index contributed by atoms with van der Waals surface area (Å²) in [6.07, 6.45) is 29.8. The molecular weight excluding hydrogens is 436 g/mol. The molecule has 1 rings (SSSR count). The van der Waals surface area contributed by atoms with Gasteiger partial charge in [-0.1, -0.05) is 129 Å². The summed E-state index contributed by atoms with van der Waals surface area (Å²) in [5.74, 6) is -2.49. The summed E-state index contributed by atoms with van der Waals surface area (Å²) < 4.78 is 5.95. The highest BCUT2D eigenvalue weighted by Crippen LogP contribution is 2.28. The second kappa shape index (κ2) is 21.9. The van der Waals surface area contributed by atoms with E-state index < -0.39 is 17.8 Å². The third-order valence-electron chi connectivity index (χ3n) is 7.55. The fraction of sp³-hybridized carbons (Fsp3) is 0.871. The first-order chi connectivity index (χ1) is 17.1. The fourth-order valence-electron chi connectivity index (χ4n) is 5.22. The van der Waals surface area contributed by atoms with E-state index in [1.165, 1.54) is 103 Å². The lowest BCUT2D eigenvalue weighted by Gasteiger charge is -2.26. The molecule has 35 heavy (non-hydrogen) atoms. The van der Waals surface area contributed by atoms with Gasteiger partial charge in [0, 0.05) is 0 Å². The molecule has 1 aliphatic carbocycles. The zero-order valence-corrected chi connectivity index (χ0v) is 23.1. The quantitative estimate of drug-likeness (QED) is 0.0876. The van der Waals surface area contributed by atoms with Crippen molar-refractivity contribution >= 4 is 11.9 Å². The van der Waals surface area contributed by atoms with Gasteiger partial charge in [0.2, 0.25) is 0 Å². The second-order valence-corrected chi connectivity index (χ2v) is 10.8. The van der Waals surface area contributed by atoms with Crippen LogP contribution in [-0.2, 0) is 14.3 Å². The summed E-state index contributed by atoms with van der Waals surface area (Å²) in [5, 5.41) is 9.53. The minimum absolute atomic E-state index is 0.0681. The van der Waals surface area contributed by atoms with Gasteiger partial charge in [-0.3, -0.25) is 9.59 Å². The van der Waals surface area contributed by atoms with Crippen LogP contribution < -0.4 is 0 Å². The van der Waals surface area contributed by atoms with Gasteiger partial charge < -0.3 is 9.84 Å². The molecule has 4 heteroatoms. The van der Waals surface area contributed by atoms with Gasteiger partial charge in [0.05, 0.1) is 11.8 Å². The summed E-state index contributed by atoms with van der Waals surface area (Å²) in [5.41, 5.74) is 0. The van der Waals surface area contributed by atoms with E-state index in [0.717, 1.165) is 32.1 Å². The normalized spacial score (nSPS) is 18.5. The average molecular weight is 493 g/mol. The zero-order chi connectivity index (χ0) is 25.6.